The average molecular weight is 462 g/mol. The summed E-state index contributed by atoms with van der Waals surface area (Å²) in [6.45, 7) is 4.03. The molecule has 2 aromatic rings. The van der Waals surface area contributed by atoms with Crippen LogP contribution in [-0.2, 0) is 26.2 Å². The zero-order valence-corrected chi connectivity index (χ0v) is 19.0. The summed E-state index contributed by atoms with van der Waals surface area (Å²) in [4.78, 5) is 24.5. The van der Waals surface area contributed by atoms with Gasteiger partial charge in [0.15, 0.2) is 0 Å². The zero-order valence-electron chi connectivity index (χ0n) is 18.2. The molecule has 3 rings (SSSR count). The minimum absolute atomic E-state index is 0.0542. The van der Waals surface area contributed by atoms with Crippen molar-refractivity contribution in [1.82, 2.24) is 9.62 Å². The second-order valence-corrected chi connectivity index (χ2v) is 10.2. The van der Waals surface area contributed by atoms with Crippen molar-refractivity contribution < 1.29 is 22.4 Å². The molecule has 0 bridgehead atoms. The van der Waals surface area contributed by atoms with E-state index < -0.39 is 15.4 Å². The van der Waals surface area contributed by atoms with E-state index in [0.717, 1.165) is 0 Å². The molecule has 1 fully saturated rings. The summed E-state index contributed by atoms with van der Waals surface area (Å²) < 4.78 is 41.0. The Balaban J connectivity index is 1.69. The third-order valence-corrected chi connectivity index (χ3v) is 7.51. The number of hydrogen-bond acceptors (Lipinski definition) is 4. The number of carbonyl (C=O) groups excluding carboxylic acids is 2. The Bertz CT molecular complexity index is 1090. The largest absolute Gasteiger partial charge is 0.352 e. The van der Waals surface area contributed by atoms with Crippen LogP contribution in [0.3, 0.4) is 0 Å². The van der Waals surface area contributed by atoms with Crippen LogP contribution >= 0.6 is 0 Å². The Morgan fingerprint density at radius 2 is 1.88 bits per heavy atom. The summed E-state index contributed by atoms with van der Waals surface area (Å²) in [5.74, 6) is -0.797. The Hall–Kier alpha value is -2.78. The summed E-state index contributed by atoms with van der Waals surface area (Å²) >= 11 is 0. The molecular formula is C23H28FN3O4S. The number of amides is 2. The molecule has 2 aromatic carbocycles. The van der Waals surface area contributed by atoms with Crippen LogP contribution in [0.1, 0.15) is 38.7 Å². The number of piperidine rings is 1. The van der Waals surface area contributed by atoms with E-state index in [-0.39, 0.29) is 35.6 Å². The molecule has 1 saturated heterocycles. The fraction of sp³-hybridized carbons (Fsp3) is 0.391. The highest BCUT2D eigenvalue weighted by atomic mass is 32.2. The molecule has 9 heteroatoms. The molecule has 0 spiro atoms. The van der Waals surface area contributed by atoms with Gasteiger partial charge in [-0.3, -0.25) is 9.59 Å². The maximum atomic E-state index is 13.4. The molecule has 1 atom stereocenters. The molecule has 32 heavy (non-hydrogen) atoms. The molecular weight excluding hydrogens is 433 g/mol. The Labute approximate surface area is 188 Å². The normalized spacial score (nSPS) is 19.3. The maximum absolute atomic E-state index is 13.4. The van der Waals surface area contributed by atoms with Gasteiger partial charge in [0.05, 0.1) is 10.3 Å². The van der Waals surface area contributed by atoms with Gasteiger partial charge in [-0.05, 0) is 61.7 Å². The number of nitrogens with zero attached hydrogens (tertiary/aromatic N) is 1. The van der Waals surface area contributed by atoms with E-state index in [1.165, 1.54) is 28.6 Å². The first-order valence-corrected chi connectivity index (χ1v) is 12.0. The number of rotatable bonds is 7. The van der Waals surface area contributed by atoms with E-state index >= 15 is 0 Å². The number of halogens is 1. The van der Waals surface area contributed by atoms with Gasteiger partial charge in [-0.25, -0.2) is 12.8 Å². The predicted molar refractivity (Wildman–Crippen MR) is 120 cm³/mol. The fourth-order valence-corrected chi connectivity index (χ4v) is 5.34. The van der Waals surface area contributed by atoms with Crippen LogP contribution in [0.2, 0.25) is 0 Å². The zero-order chi connectivity index (χ0) is 23.4. The van der Waals surface area contributed by atoms with Crippen LogP contribution in [0, 0.1) is 11.2 Å². The van der Waals surface area contributed by atoms with Crippen molar-refractivity contribution in [1.29, 1.82) is 0 Å². The third kappa shape index (κ3) is 5.52. The smallest absolute Gasteiger partial charge is 0.243 e. The SMILES string of the molecule is CCC(=O)Nc1ccc(S(=O)(=O)N2CCC[C@](C)(C(=O)NCc3cccc(F)c3)C2)cc1. The second-order valence-electron chi connectivity index (χ2n) is 8.24. The van der Waals surface area contributed by atoms with Crippen LogP contribution in [-0.4, -0.2) is 37.6 Å². The minimum atomic E-state index is -3.80. The van der Waals surface area contributed by atoms with Gasteiger partial charge in [0.25, 0.3) is 0 Å². The molecule has 0 radical (unpaired) electrons. The lowest BCUT2D eigenvalue weighted by Gasteiger charge is -2.38. The summed E-state index contributed by atoms with van der Waals surface area (Å²) in [5.41, 5.74) is 0.265. The quantitative estimate of drug-likeness (QED) is 0.662. The van der Waals surface area contributed by atoms with Gasteiger partial charge >= 0.3 is 0 Å². The number of hydrogen-bond donors (Lipinski definition) is 2. The topological polar surface area (TPSA) is 95.6 Å². The molecule has 2 N–H and O–H groups in total. The van der Waals surface area contributed by atoms with Gasteiger partial charge in [-0.15, -0.1) is 0 Å². The van der Waals surface area contributed by atoms with Crippen molar-refractivity contribution in [2.75, 3.05) is 18.4 Å². The van der Waals surface area contributed by atoms with Gasteiger partial charge in [0, 0.05) is 31.7 Å². The Morgan fingerprint density at radius 1 is 1.16 bits per heavy atom. The lowest BCUT2D eigenvalue weighted by Crippen LogP contribution is -2.51. The van der Waals surface area contributed by atoms with Crippen molar-refractivity contribution in [2.45, 2.75) is 44.6 Å². The van der Waals surface area contributed by atoms with Crippen LogP contribution in [0.25, 0.3) is 0 Å². The number of nitrogens with one attached hydrogen (secondary N) is 2. The van der Waals surface area contributed by atoms with Crippen molar-refractivity contribution in [3.05, 3.63) is 59.9 Å². The summed E-state index contributed by atoms with van der Waals surface area (Å²) in [6, 6.07) is 12.0. The average Bonchev–Trinajstić information content (AvgIpc) is 2.77. The van der Waals surface area contributed by atoms with Crippen molar-refractivity contribution in [2.24, 2.45) is 5.41 Å². The van der Waals surface area contributed by atoms with E-state index in [0.29, 0.717) is 37.1 Å². The first-order valence-electron chi connectivity index (χ1n) is 10.6. The first kappa shape index (κ1) is 23.9. The highest BCUT2D eigenvalue weighted by Crippen LogP contribution is 2.33. The molecule has 2 amide bonds. The molecule has 172 valence electrons. The molecule has 0 aliphatic carbocycles. The minimum Gasteiger partial charge on any atom is -0.352 e. The maximum Gasteiger partial charge on any atom is 0.243 e. The lowest BCUT2D eigenvalue weighted by molar-refractivity contribution is -0.132. The van der Waals surface area contributed by atoms with Crippen molar-refractivity contribution >= 4 is 27.5 Å². The molecule has 7 nitrogen and oxygen atoms in total. The van der Waals surface area contributed by atoms with E-state index in [1.54, 1.807) is 38.1 Å². The Kier molecular flexibility index (Phi) is 7.30. The van der Waals surface area contributed by atoms with Gasteiger partial charge < -0.3 is 10.6 Å². The van der Waals surface area contributed by atoms with E-state index in [4.69, 9.17) is 0 Å². The second kappa shape index (κ2) is 9.79. The van der Waals surface area contributed by atoms with Crippen LogP contribution < -0.4 is 10.6 Å². The monoisotopic (exact) mass is 461 g/mol. The molecule has 1 heterocycles. The number of sulfonamides is 1. The van der Waals surface area contributed by atoms with Crippen molar-refractivity contribution in [3.63, 3.8) is 0 Å². The van der Waals surface area contributed by atoms with Gasteiger partial charge in [0.2, 0.25) is 21.8 Å². The third-order valence-electron chi connectivity index (χ3n) is 5.65. The predicted octanol–water partition coefficient (Wildman–Crippen LogP) is 3.28. The van der Waals surface area contributed by atoms with E-state index in [9.17, 15) is 22.4 Å². The summed E-state index contributed by atoms with van der Waals surface area (Å²) in [6.07, 6.45) is 1.43. The molecule has 0 unspecified atom stereocenters. The highest BCUT2D eigenvalue weighted by molar-refractivity contribution is 7.89. The van der Waals surface area contributed by atoms with Gasteiger partial charge in [-0.2, -0.15) is 4.31 Å². The molecule has 1 aliphatic rings. The summed E-state index contributed by atoms with van der Waals surface area (Å²) in [5, 5.41) is 5.50. The lowest BCUT2D eigenvalue weighted by atomic mass is 9.82. The van der Waals surface area contributed by atoms with Crippen LogP contribution in [0.5, 0.6) is 0 Å². The van der Waals surface area contributed by atoms with E-state index in [1.807, 2.05) is 0 Å². The number of benzene rings is 2. The standard InChI is InChI=1S/C23H28FN3O4S/c1-3-21(28)26-19-8-10-20(11-9-19)32(30,31)27-13-5-12-23(2,16-27)22(29)25-15-17-6-4-7-18(24)14-17/h4,6-11,14H,3,5,12-13,15-16H2,1-2H3,(H,25,29)(H,26,28)/t23-/m0/s1. The number of carbonyl (C=O) groups is 2. The van der Waals surface area contributed by atoms with Crippen LogP contribution in [0.15, 0.2) is 53.4 Å². The first-order chi connectivity index (χ1) is 15.1. The number of anilines is 1. The van der Waals surface area contributed by atoms with Gasteiger partial charge in [0.1, 0.15) is 5.82 Å². The highest BCUT2D eigenvalue weighted by Gasteiger charge is 2.41. The van der Waals surface area contributed by atoms with E-state index in [2.05, 4.69) is 10.6 Å². The fourth-order valence-electron chi connectivity index (χ4n) is 3.73. The van der Waals surface area contributed by atoms with Crippen LogP contribution in [0.4, 0.5) is 10.1 Å². The summed E-state index contributed by atoms with van der Waals surface area (Å²) in [7, 11) is -3.80. The van der Waals surface area contributed by atoms with Crippen molar-refractivity contribution in [3.8, 4) is 0 Å². The molecule has 0 aromatic heterocycles. The molecule has 1 aliphatic heterocycles. The Morgan fingerprint density at radius 3 is 2.53 bits per heavy atom. The molecule has 0 saturated carbocycles. The van der Waals surface area contributed by atoms with Gasteiger partial charge in [-0.1, -0.05) is 19.1 Å².